The number of amides is 1. The van der Waals surface area contributed by atoms with E-state index in [1.165, 1.54) is 30.5 Å². The van der Waals surface area contributed by atoms with Gasteiger partial charge in [-0.25, -0.2) is 8.42 Å². The van der Waals surface area contributed by atoms with Gasteiger partial charge in [0.25, 0.3) is 0 Å². The Morgan fingerprint density at radius 1 is 1.09 bits per heavy atom. The Balaban J connectivity index is 1.90. The highest BCUT2D eigenvalue weighted by molar-refractivity contribution is 7.89. The summed E-state index contributed by atoms with van der Waals surface area (Å²) in [4.78, 5) is 24.8. The van der Waals surface area contributed by atoms with E-state index >= 15 is 0 Å². The second-order valence-electron chi connectivity index (χ2n) is 8.15. The number of Topliss-reactive ketones (excluding diaryl/α,β-unsaturated/α-hetero) is 1. The fraction of sp³-hybridized carbons (Fsp3) is 0.417. The van der Waals surface area contributed by atoms with Crippen LogP contribution in [0.25, 0.3) is 0 Å². The van der Waals surface area contributed by atoms with Crippen molar-refractivity contribution in [1.29, 1.82) is 0 Å². The summed E-state index contributed by atoms with van der Waals surface area (Å²) in [5.74, 6) is 0.294. The van der Waals surface area contributed by atoms with Crippen molar-refractivity contribution < 1.29 is 32.2 Å². The van der Waals surface area contributed by atoms with Crippen LogP contribution in [-0.4, -0.2) is 63.9 Å². The number of rotatable bonds is 9. The molecule has 10 heteroatoms. The van der Waals surface area contributed by atoms with Crippen molar-refractivity contribution in [3.05, 3.63) is 47.5 Å². The lowest BCUT2D eigenvalue weighted by Crippen LogP contribution is -2.40. The van der Waals surface area contributed by atoms with Gasteiger partial charge in [0.15, 0.2) is 5.78 Å². The van der Waals surface area contributed by atoms with Crippen LogP contribution in [0.1, 0.15) is 36.7 Å². The zero-order valence-electron chi connectivity index (χ0n) is 19.8. The normalized spacial score (nSPS) is 14.6. The van der Waals surface area contributed by atoms with Crippen LogP contribution in [0, 0.1) is 0 Å². The zero-order valence-corrected chi connectivity index (χ0v) is 20.6. The molecule has 1 heterocycles. The van der Waals surface area contributed by atoms with Gasteiger partial charge in [-0.2, -0.15) is 4.31 Å². The fourth-order valence-electron chi connectivity index (χ4n) is 3.56. The van der Waals surface area contributed by atoms with Crippen LogP contribution in [0.4, 0.5) is 5.69 Å². The monoisotopic (exact) mass is 490 g/mol. The molecule has 3 rings (SSSR count). The molecular weight excluding hydrogens is 460 g/mol. The first-order valence-electron chi connectivity index (χ1n) is 11.0. The van der Waals surface area contributed by atoms with Gasteiger partial charge < -0.3 is 19.5 Å². The number of anilines is 1. The Morgan fingerprint density at radius 2 is 1.76 bits per heavy atom. The summed E-state index contributed by atoms with van der Waals surface area (Å²) in [5.41, 5.74) is 1.25. The first kappa shape index (κ1) is 25.7. The summed E-state index contributed by atoms with van der Waals surface area (Å²) in [6, 6.07) is 9.31. The first-order chi connectivity index (χ1) is 16.1. The molecule has 0 radical (unpaired) electrons. The van der Waals surface area contributed by atoms with E-state index in [9.17, 15) is 18.0 Å². The van der Waals surface area contributed by atoms with Crippen LogP contribution in [0.2, 0.25) is 0 Å². The van der Waals surface area contributed by atoms with Crippen LogP contribution in [0.15, 0.2) is 41.3 Å². The molecule has 184 valence electrons. The largest absolute Gasteiger partial charge is 0.496 e. The molecule has 1 N–H and O–H groups in total. The van der Waals surface area contributed by atoms with Crippen molar-refractivity contribution in [2.45, 2.75) is 38.2 Å². The molecule has 0 spiro atoms. The van der Waals surface area contributed by atoms with Crippen LogP contribution in [0.5, 0.6) is 11.5 Å². The number of hydrogen-bond acceptors (Lipinski definition) is 7. The summed E-state index contributed by atoms with van der Waals surface area (Å²) in [6.45, 7) is 6.31. The smallest absolute Gasteiger partial charge is 0.243 e. The molecule has 9 nitrogen and oxygen atoms in total. The minimum absolute atomic E-state index is 0.0527. The van der Waals surface area contributed by atoms with Crippen molar-refractivity contribution in [2.24, 2.45) is 0 Å². The van der Waals surface area contributed by atoms with E-state index in [0.717, 1.165) is 0 Å². The SMILES string of the molecule is COc1ccc(C(C)=O)cc1CC(=O)Nc1cc(S(=O)(=O)N2CCOCC2)ccc1OC(C)C. The number of benzene rings is 2. The van der Waals surface area contributed by atoms with Gasteiger partial charge in [-0.05, 0) is 57.2 Å². The average Bonchev–Trinajstić information content (AvgIpc) is 2.80. The number of carbonyl (C=O) groups is 2. The first-order valence-corrected chi connectivity index (χ1v) is 12.4. The van der Waals surface area contributed by atoms with Gasteiger partial charge >= 0.3 is 0 Å². The molecule has 34 heavy (non-hydrogen) atoms. The number of hydrogen-bond donors (Lipinski definition) is 1. The number of nitrogens with one attached hydrogen (secondary N) is 1. The van der Waals surface area contributed by atoms with E-state index in [1.807, 2.05) is 13.8 Å². The third-order valence-corrected chi connectivity index (χ3v) is 7.13. The van der Waals surface area contributed by atoms with Gasteiger partial charge in [0, 0.05) is 24.2 Å². The highest BCUT2D eigenvalue weighted by atomic mass is 32.2. The standard InChI is InChI=1S/C24H30N2O7S/c1-16(2)33-23-8-6-20(34(29,30)26-9-11-32-12-10-26)15-21(23)25-24(28)14-19-13-18(17(3)27)5-7-22(19)31-4/h5-8,13,15-16H,9-12,14H2,1-4H3,(H,25,28). The number of sulfonamides is 1. The summed E-state index contributed by atoms with van der Waals surface area (Å²) in [7, 11) is -2.28. The molecule has 0 aliphatic carbocycles. The van der Waals surface area contributed by atoms with Crippen LogP contribution in [0.3, 0.4) is 0 Å². The minimum atomic E-state index is -3.76. The molecule has 0 saturated carbocycles. The Bertz CT molecular complexity index is 1160. The Morgan fingerprint density at radius 3 is 2.38 bits per heavy atom. The van der Waals surface area contributed by atoms with Crippen molar-refractivity contribution in [2.75, 3.05) is 38.7 Å². The lowest BCUT2D eigenvalue weighted by atomic mass is 10.0. The quantitative estimate of drug-likeness (QED) is 0.538. The molecular formula is C24H30N2O7S. The summed E-state index contributed by atoms with van der Waals surface area (Å²) < 4.78 is 43.9. The Kier molecular flexibility index (Phi) is 8.29. The van der Waals surface area contributed by atoms with E-state index in [-0.39, 0.29) is 42.0 Å². The van der Waals surface area contributed by atoms with Crippen LogP contribution >= 0.6 is 0 Å². The van der Waals surface area contributed by atoms with Gasteiger partial charge in [0.1, 0.15) is 11.5 Å². The van der Waals surface area contributed by atoms with Crippen LogP contribution in [-0.2, 0) is 26.0 Å². The number of morpholine rings is 1. The summed E-state index contributed by atoms with van der Waals surface area (Å²) in [5, 5.41) is 2.77. The van der Waals surface area contributed by atoms with Crippen LogP contribution < -0.4 is 14.8 Å². The maximum absolute atomic E-state index is 13.1. The average molecular weight is 491 g/mol. The van der Waals surface area contributed by atoms with Crippen molar-refractivity contribution in [1.82, 2.24) is 4.31 Å². The molecule has 1 amide bonds. The van der Waals surface area contributed by atoms with Gasteiger partial charge in [0.2, 0.25) is 15.9 Å². The second kappa shape index (κ2) is 11.0. The lowest BCUT2D eigenvalue weighted by molar-refractivity contribution is -0.115. The summed E-state index contributed by atoms with van der Waals surface area (Å²) in [6.07, 6.45) is -0.268. The predicted octanol–water partition coefficient (Wildman–Crippen LogP) is 2.89. The van der Waals surface area contributed by atoms with Crippen molar-refractivity contribution >= 4 is 27.4 Å². The number of nitrogens with zero attached hydrogens (tertiary/aromatic N) is 1. The fourth-order valence-corrected chi connectivity index (χ4v) is 5.00. The number of ether oxygens (including phenoxy) is 3. The molecule has 1 saturated heterocycles. The highest BCUT2D eigenvalue weighted by Crippen LogP contribution is 2.31. The Labute approximate surface area is 200 Å². The van der Waals surface area contributed by atoms with Gasteiger partial charge in [-0.3, -0.25) is 9.59 Å². The predicted molar refractivity (Wildman–Crippen MR) is 127 cm³/mol. The van der Waals surface area contributed by atoms with Gasteiger partial charge in [0.05, 0.1) is 43.4 Å². The maximum Gasteiger partial charge on any atom is 0.243 e. The number of methoxy groups -OCH3 is 1. The summed E-state index contributed by atoms with van der Waals surface area (Å²) >= 11 is 0. The number of carbonyl (C=O) groups excluding carboxylic acids is 2. The molecule has 0 aromatic heterocycles. The third-order valence-electron chi connectivity index (χ3n) is 5.23. The maximum atomic E-state index is 13.1. The van der Waals surface area contributed by atoms with E-state index < -0.39 is 15.9 Å². The van der Waals surface area contributed by atoms with E-state index in [0.29, 0.717) is 35.8 Å². The molecule has 1 aliphatic rings. The lowest BCUT2D eigenvalue weighted by Gasteiger charge is -2.26. The topological polar surface area (TPSA) is 111 Å². The molecule has 1 fully saturated rings. The highest BCUT2D eigenvalue weighted by Gasteiger charge is 2.27. The van der Waals surface area contributed by atoms with Gasteiger partial charge in [-0.15, -0.1) is 0 Å². The van der Waals surface area contributed by atoms with E-state index in [1.54, 1.807) is 24.3 Å². The third kappa shape index (κ3) is 6.13. The minimum Gasteiger partial charge on any atom is -0.496 e. The molecule has 0 atom stereocenters. The second-order valence-corrected chi connectivity index (χ2v) is 10.1. The van der Waals surface area contributed by atoms with E-state index in [2.05, 4.69) is 5.32 Å². The van der Waals surface area contributed by atoms with E-state index in [4.69, 9.17) is 14.2 Å². The molecule has 2 aromatic carbocycles. The van der Waals surface area contributed by atoms with Crippen molar-refractivity contribution in [3.8, 4) is 11.5 Å². The Hall–Kier alpha value is -2.95. The van der Waals surface area contributed by atoms with Crippen molar-refractivity contribution in [3.63, 3.8) is 0 Å². The molecule has 1 aliphatic heterocycles. The molecule has 2 aromatic rings. The number of ketones is 1. The molecule has 0 bridgehead atoms. The zero-order chi connectivity index (χ0) is 24.9. The molecule has 0 unspecified atom stereocenters. The van der Waals surface area contributed by atoms with Gasteiger partial charge in [-0.1, -0.05) is 0 Å².